The van der Waals surface area contributed by atoms with Gasteiger partial charge < -0.3 is 15.2 Å². The number of imidazole rings is 1. The van der Waals surface area contributed by atoms with E-state index in [0.717, 1.165) is 11.0 Å². The van der Waals surface area contributed by atoms with E-state index in [9.17, 15) is 18.0 Å². The molecule has 1 fully saturated rings. The van der Waals surface area contributed by atoms with Crippen molar-refractivity contribution in [2.75, 3.05) is 32.7 Å². The molecule has 6 nitrogen and oxygen atoms in total. The maximum atomic E-state index is 12.8. The number of carbonyl (C=O) groups is 1. The molecule has 1 aliphatic rings. The fourth-order valence-electron chi connectivity index (χ4n) is 3.48. The summed E-state index contributed by atoms with van der Waals surface area (Å²) in [6, 6.07) is 7.06. The van der Waals surface area contributed by atoms with Gasteiger partial charge in [0.2, 0.25) is 0 Å². The summed E-state index contributed by atoms with van der Waals surface area (Å²) < 4.78 is 37.9. The molecule has 9 heteroatoms. The molecule has 2 heterocycles. The Bertz CT molecular complexity index is 771. The zero-order valence-corrected chi connectivity index (χ0v) is 16.1. The minimum Gasteiger partial charge on any atom is -0.340 e. The quantitative estimate of drug-likeness (QED) is 0.830. The molecule has 2 aromatic rings. The lowest BCUT2D eigenvalue weighted by molar-refractivity contribution is -0.145. The summed E-state index contributed by atoms with van der Waals surface area (Å²) in [5.41, 5.74) is 1.73. The van der Waals surface area contributed by atoms with Crippen LogP contribution in [0.15, 0.2) is 24.3 Å². The first kappa shape index (κ1) is 20.4. The lowest BCUT2D eigenvalue weighted by Gasteiger charge is -2.27. The van der Waals surface area contributed by atoms with Gasteiger partial charge in [-0.2, -0.15) is 13.2 Å². The van der Waals surface area contributed by atoms with Gasteiger partial charge in [-0.3, -0.25) is 4.90 Å². The van der Waals surface area contributed by atoms with E-state index in [4.69, 9.17) is 0 Å². The molecule has 0 saturated carbocycles. The highest BCUT2D eigenvalue weighted by atomic mass is 19.4. The Kier molecular flexibility index (Phi) is 6.12. The maximum Gasteiger partial charge on any atom is 0.401 e. The molecule has 154 valence electrons. The fraction of sp³-hybridized carbons (Fsp3) is 0.579. The van der Waals surface area contributed by atoms with Crippen molar-refractivity contribution in [2.45, 2.75) is 32.5 Å². The summed E-state index contributed by atoms with van der Waals surface area (Å²) in [6.07, 6.45) is -3.71. The number of rotatable bonds is 4. The minimum atomic E-state index is -4.22. The highest BCUT2D eigenvalue weighted by molar-refractivity contribution is 5.76. The summed E-state index contributed by atoms with van der Waals surface area (Å²) in [5.74, 6) is 0.774. The molecular weight excluding hydrogens is 371 g/mol. The third-order valence-corrected chi connectivity index (χ3v) is 4.93. The van der Waals surface area contributed by atoms with Crippen LogP contribution in [0.4, 0.5) is 18.0 Å². The van der Waals surface area contributed by atoms with Crippen LogP contribution in [0.25, 0.3) is 11.0 Å². The third kappa shape index (κ3) is 5.15. The number of amides is 2. The lowest BCUT2D eigenvalue weighted by atomic mass is 10.0. The number of benzene rings is 1. The van der Waals surface area contributed by atoms with E-state index in [-0.39, 0.29) is 31.1 Å². The van der Waals surface area contributed by atoms with Crippen molar-refractivity contribution in [3.63, 3.8) is 0 Å². The predicted octanol–water partition coefficient (Wildman–Crippen LogP) is 3.54. The highest BCUT2D eigenvalue weighted by Crippen LogP contribution is 2.23. The molecule has 2 N–H and O–H groups in total. The molecule has 0 spiro atoms. The summed E-state index contributed by atoms with van der Waals surface area (Å²) in [4.78, 5) is 23.6. The van der Waals surface area contributed by atoms with Crippen molar-refractivity contribution >= 4 is 17.1 Å². The van der Waals surface area contributed by atoms with Crippen molar-refractivity contribution in [3.05, 3.63) is 30.1 Å². The van der Waals surface area contributed by atoms with Crippen molar-refractivity contribution < 1.29 is 18.0 Å². The van der Waals surface area contributed by atoms with Crippen LogP contribution in [-0.4, -0.2) is 64.7 Å². The Balaban J connectivity index is 1.65. The van der Waals surface area contributed by atoms with Gasteiger partial charge in [0.25, 0.3) is 0 Å². The van der Waals surface area contributed by atoms with Gasteiger partial charge in [-0.15, -0.1) is 0 Å². The molecule has 2 amide bonds. The first-order chi connectivity index (χ1) is 13.2. The standard InChI is InChI=1S/C19H26F3N5O/c1-13(2)16(17-23-14-6-3-4-7-15(14)24-17)25-18(28)27-9-5-8-26(10-11-27)12-19(20,21)22/h3-4,6-7,13,16H,5,8-12H2,1-2H3,(H,23,24)(H,25,28). The van der Waals surface area contributed by atoms with E-state index in [1.807, 2.05) is 38.1 Å². The number of hydrogen-bond acceptors (Lipinski definition) is 3. The molecular formula is C19H26F3N5O. The molecule has 1 aromatic heterocycles. The molecule has 3 rings (SSSR count). The first-order valence-electron chi connectivity index (χ1n) is 9.52. The SMILES string of the molecule is CC(C)C(NC(=O)N1CCCN(CC(F)(F)F)CC1)c1nc2ccccc2[nH]1. The number of hydrogen-bond donors (Lipinski definition) is 2. The second kappa shape index (κ2) is 8.38. The lowest BCUT2D eigenvalue weighted by Crippen LogP contribution is -2.45. The smallest absolute Gasteiger partial charge is 0.340 e. The number of alkyl halides is 3. The summed E-state index contributed by atoms with van der Waals surface area (Å²) in [6.45, 7) is 4.30. The van der Waals surface area contributed by atoms with Crippen molar-refractivity contribution in [3.8, 4) is 0 Å². The largest absolute Gasteiger partial charge is 0.401 e. The number of halogens is 3. The van der Waals surface area contributed by atoms with E-state index >= 15 is 0 Å². The van der Waals surface area contributed by atoms with Crippen LogP contribution in [0.5, 0.6) is 0 Å². The Morgan fingerprint density at radius 1 is 1.21 bits per heavy atom. The van der Waals surface area contributed by atoms with Crippen LogP contribution in [0.2, 0.25) is 0 Å². The zero-order valence-electron chi connectivity index (χ0n) is 16.1. The number of aromatic amines is 1. The van der Waals surface area contributed by atoms with Gasteiger partial charge >= 0.3 is 12.2 Å². The number of urea groups is 1. The van der Waals surface area contributed by atoms with Gasteiger partial charge in [0, 0.05) is 26.2 Å². The number of H-pyrrole nitrogens is 1. The van der Waals surface area contributed by atoms with E-state index in [1.54, 1.807) is 4.90 Å². The van der Waals surface area contributed by atoms with Crippen LogP contribution in [0.1, 0.15) is 32.1 Å². The molecule has 1 atom stereocenters. The van der Waals surface area contributed by atoms with Gasteiger partial charge in [0.15, 0.2) is 0 Å². The monoisotopic (exact) mass is 397 g/mol. The zero-order chi connectivity index (χ0) is 20.3. The molecule has 0 radical (unpaired) electrons. The minimum absolute atomic E-state index is 0.0956. The van der Waals surface area contributed by atoms with E-state index < -0.39 is 12.7 Å². The van der Waals surface area contributed by atoms with Gasteiger partial charge in [-0.25, -0.2) is 9.78 Å². The third-order valence-electron chi connectivity index (χ3n) is 4.93. The number of nitrogens with zero attached hydrogens (tertiary/aromatic N) is 3. The maximum absolute atomic E-state index is 12.8. The van der Waals surface area contributed by atoms with Crippen LogP contribution in [-0.2, 0) is 0 Å². The van der Waals surface area contributed by atoms with Gasteiger partial charge in [0.1, 0.15) is 5.82 Å². The predicted molar refractivity (Wildman–Crippen MR) is 101 cm³/mol. The molecule has 0 aliphatic carbocycles. The summed E-state index contributed by atoms with van der Waals surface area (Å²) >= 11 is 0. The van der Waals surface area contributed by atoms with Gasteiger partial charge in [0.05, 0.1) is 23.6 Å². The molecule has 1 aliphatic heterocycles. The fourth-order valence-corrected chi connectivity index (χ4v) is 3.48. The molecule has 1 saturated heterocycles. The first-order valence-corrected chi connectivity index (χ1v) is 9.52. The number of aromatic nitrogens is 2. The Morgan fingerprint density at radius 2 is 1.96 bits per heavy atom. The average molecular weight is 397 g/mol. The number of nitrogens with one attached hydrogen (secondary N) is 2. The van der Waals surface area contributed by atoms with Crippen molar-refractivity contribution in [1.82, 2.24) is 25.1 Å². The molecule has 1 aromatic carbocycles. The van der Waals surface area contributed by atoms with Gasteiger partial charge in [-0.1, -0.05) is 26.0 Å². The Labute approximate surface area is 162 Å². The van der Waals surface area contributed by atoms with Crippen molar-refractivity contribution in [2.24, 2.45) is 5.92 Å². The summed E-state index contributed by atoms with van der Waals surface area (Å²) in [5, 5.41) is 3.01. The van der Waals surface area contributed by atoms with Crippen molar-refractivity contribution in [1.29, 1.82) is 0 Å². The van der Waals surface area contributed by atoms with Gasteiger partial charge in [-0.05, 0) is 24.5 Å². The average Bonchev–Trinajstić information content (AvgIpc) is 2.90. The molecule has 28 heavy (non-hydrogen) atoms. The topological polar surface area (TPSA) is 64.3 Å². The summed E-state index contributed by atoms with van der Waals surface area (Å²) in [7, 11) is 0. The Morgan fingerprint density at radius 3 is 2.64 bits per heavy atom. The van der Waals surface area contributed by atoms with E-state index in [2.05, 4.69) is 15.3 Å². The highest BCUT2D eigenvalue weighted by Gasteiger charge is 2.32. The molecule has 1 unspecified atom stereocenters. The van der Waals surface area contributed by atoms with Crippen LogP contribution >= 0.6 is 0 Å². The van der Waals surface area contributed by atoms with E-state index in [1.165, 1.54) is 4.90 Å². The normalized spacial score (nSPS) is 17.7. The number of fused-ring (bicyclic) bond motifs is 1. The van der Waals surface area contributed by atoms with Crippen LogP contribution in [0.3, 0.4) is 0 Å². The van der Waals surface area contributed by atoms with E-state index in [0.29, 0.717) is 25.3 Å². The second-order valence-electron chi connectivity index (χ2n) is 7.54. The molecule has 0 bridgehead atoms. The van der Waals surface area contributed by atoms with Crippen LogP contribution in [0, 0.1) is 5.92 Å². The number of para-hydroxylation sites is 2. The second-order valence-corrected chi connectivity index (χ2v) is 7.54. The number of carbonyl (C=O) groups excluding carboxylic acids is 1. The van der Waals surface area contributed by atoms with Crippen LogP contribution < -0.4 is 5.32 Å². The Hall–Kier alpha value is -2.29.